The van der Waals surface area contributed by atoms with E-state index in [1.54, 1.807) is 18.7 Å². The standard InChI is InChI=1S/C12H22N2O3S/c1-4-10-9-11(14(3)13-10)12(15)7-6-8-18(16,17)5-2/h9,12,15H,4-8H2,1-3H3. The summed E-state index contributed by atoms with van der Waals surface area (Å²) in [5.41, 5.74) is 1.69. The topological polar surface area (TPSA) is 72.2 Å². The van der Waals surface area contributed by atoms with Crippen molar-refractivity contribution in [3.05, 3.63) is 17.5 Å². The average Bonchev–Trinajstić information content (AvgIpc) is 2.70. The smallest absolute Gasteiger partial charge is 0.150 e. The fourth-order valence-electron chi connectivity index (χ4n) is 1.82. The molecule has 0 fully saturated rings. The van der Waals surface area contributed by atoms with Gasteiger partial charge in [-0.2, -0.15) is 5.10 Å². The minimum atomic E-state index is -2.94. The van der Waals surface area contributed by atoms with Crippen molar-refractivity contribution >= 4 is 9.84 Å². The first-order valence-corrected chi connectivity index (χ1v) is 8.13. The Bertz CT molecular complexity index is 480. The van der Waals surface area contributed by atoms with Crippen LogP contribution in [-0.4, -0.2) is 34.8 Å². The van der Waals surface area contributed by atoms with Crippen LogP contribution in [0.15, 0.2) is 6.07 Å². The number of aliphatic hydroxyl groups is 1. The molecule has 1 heterocycles. The number of hydrogen-bond donors (Lipinski definition) is 1. The second-order valence-electron chi connectivity index (χ2n) is 4.43. The maximum Gasteiger partial charge on any atom is 0.150 e. The summed E-state index contributed by atoms with van der Waals surface area (Å²) in [5.74, 6) is 0.299. The predicted molar refractivity (Wildman–Crippen MR) is 71.1 cm³/mol. The summed E-state index contributed by atoms with van der Waals surface area (Å²) >= 11 is 0. The summed E-state index contributed by atoms with van der Waals surface area (Å²) < 4.78 is 24.3. The van der Waals surface area contributed by atoms with Gasteiger partial charge in [-0.15, -0.1) is 0 Å². The third-order valence-corrected chi connectivity index (χ3v) is 4.83. The van der Waals surface area contributed by atoms with Gasteiger partial charge in [-0.25, -0.2) is 8.42 Å². The minimum Gasteiger partial charge on any atom is -0.387 e. The Hall–Kier alpha value is -0.880. The lowest BCUT2D eigenvalue weighted by molar-refractivity contribution is 0.157. The molecule has 0 spiro atoms. The largest absolute Gasteiger partial charge is 0.387 e. The van der Waals surface area contributed by atoms with E-state index in [-0.39, 0.29) is 11.5 Å². The number of rotatable bonds is 7. The van der Waals surface area contributed by atoms with Crippen molar-refractivity contribution in [2.75, 3.05) is 11.5 Å². The van der Waals surface area contributed by atoms with Crippen molar-refractivity contribution in [3.8, 4) is 0 Å². The molecule has 0 amide bonds. The molecule has 1 rings (SSSR count). The van der Waals surface area contributed by atoms with Crippen molar-refractivity contribution in [2.45, 2.75) is 39.2 Å². The van der Waals surface area contributed by atoms with Gasteiger partial charge >= 0.3 is 0 Å². The van der Waals surface area contributed by atoms with Gasteiger partial charge in [0, 0.05) is 12.8 Å². The van der Waals surface area contributed by atoms with E-state index < -0.39 is 15.9 Å². The lowest BCUT2D eigenvalue weighted by Gasteiger charge is -2.10. The number of nitrogens with zero attached hydrogens (tertiary/aromatic N) is 2. The Morgan fingerprint density at radius 1 is 1.44 bits per heavy atom. The SMILES string of the molecule is CCc1cc(C(O)CCCS(=O)(=O)CC)n(C)n1. The zero-order valence-electron chi connectivity index (χ0n) is 11.3. The molecule has 1 atom stereocenters. The molecule has 1 N–H and O–H groups in total. The second kappa shape index (κ2) is 6.33. The number of hydrogen-bond acceptors (Lipinski definition) is 4. The van der Waals surface area contributed by atoms with Gasteiger partial charge in [-0.3, -0.25) is 4.68 Å². The summed E-state index contributed by atoms with van der Waals surface area (Å²) in [6, 6.07) is 1.87. The van der Waals surface area contributed by atoms with E-state index in [9.17, 15) is 13.5 Å². The minimum absolute atomic E-state index is 0.138. The van der Waals surface area contributed by atoms with Crippen LogP contribution in [0, 0.1) is 0 Å². The van der Waals surface area contributed by atoms with Gasteiger partial charge in [-0.1, -0.05) is 13.8 Å². The average molecular weight is 274 g/mol. The molecule has 0 aliphatic carbocycles. The van der Waals surface area contributed by atoms with E-state index in [1.807, 2.05) is 13.0 Å². The van der Waals surface area contributed by atoms with Crippen LogP contribution >= 0.6 is 0 Å². The lowest BCUT2D eigenvalue weighted by Crippen LogP contribution is -2.11. The van der Waals surface area contributed by atoms with Crippen molar-refractivity contribution in [1.29, 1.82) is 0 Å². The van der Waals surface area contributed by atoms with Crippen LogP contribution in [0.1, 0.15) is 44.2 Å². The molecule has 6 heteroatoms. The van der Waals surface area contributed by atoms with Gasteiger partial charge in [-0.05, 0) is 25.3 Å². The highest BCUT2D eigenvalue weighted by atomic mass is 32.2. The zero-order chi connectivity index (χ0) is 13.8. The first-order chi connectivity index (χ1) is 8.39. The number of aryl methyl sites for hydroxylation is 2. The van der Waals surface area contributed by atoms with Crippen LogP contribution in [0.2, 0.25) is 0 Å². The van der Waals surface area contributed by atoms with Crippen LogP contribution in [0.3, 0.4) is 0 Å². The maximum absolute atomic E-state index is 11.3. The van der Waals surface area contributed by atoms with E-state index in [1.165, 1.54) is 0 Å². The van der Waals surface area contributed by atoms with E-state index >= 15 is 0 Å². The molecule has 0 radical (unpaired) electrons. The summed E-state index contributed by atoms with van der Waals surface area (Å²) in [6.07, 6.45) is 1.10. The Kier molecular flexibility index (Phi) is 5.34. The Morgan fingerprint density at radius 2 is 2.11 bits per heavy atom. The van der Waals surface area contributed by atoms with Gasteiger partial charge in [0.1, 0.15) is 9.84 Å². The molecule has 1 aromatic rings. The molecule has 0 aliphatic rings. The molecule has 1 aromatic heterocycles. The van der Waals surface area contributed by atoms with Gasteiger partial charge in [0.25, 0.3) is 0 Å². The number of sulfone groups is 1. The molecule has 0 bridgehead atoms. The van der Waals surface area contributed by atoms with Gasteiger partial charge in [0.2, 0.25) is 0 Å². The molecule has 0 saturated carbocycles. The zero-order valence-corrected chi connectivity index (χ0v) is 12.1. The summed E-state index contributed by atoms with van der Waals surface area (Å²) in [7, 11) is -1.15. The van der Waals surface area contributed by atoms with Gasteiger partial charge in [0.15, 0.2) is 0 Å². The van der Waals surface area contributed by atoms with Gasteiger partial charge < -0.3 is 5.11 Å². The fourth-order valence-corrected chi connectivity index (χ4v) is 2.71. The summed E-state index contributed by atoms with van der Waals surface area (Å²) in [6.45, 7) is 3.65. The summed E-state index contributed by atoms with van der Waals surface area (Å²) in [5, 5.41) is 14.3. The fraction of sp³-hybridized carbons (Fsp3) is 0.750. The first kappa shape index (κ1) is 15.2. The summed E-state index contributed by atoms with van der Waals surface area (Å²) in [4.78, 5) is 0. The van der Waals surface area contributed by atoms with Crippen molar-refractivity contribution in [2.24, 2.45) is 7.05 Å². The van der Waals surface area contributed by atoms with Crippen LogP contribution in [0.25, 0.3) is 0 Å². The molecular formula is C12H22N2O3S. The Morgan fingerprint density at radius 3 is 2.61 bits per heavy atom. The van der Waals surface area contributed by atoms with E-state index in [0.717, 1.165) is 17.8 Å². The van der Waals surface area contributed by atoms with Crippen molar-refractivity contribution in [1.82, 2.24) is 9.78 Å². The third kappa shape index (κ3) is 4.10. The highest BCUT2D eigenvalue weighted by Gasteiger charge is 2.15. The molecule has 0 aromatic carbocycles. The van der Waals surface area contributed by atoms with E-state index in [2.05, 4.69) is 5.10 Å². The molecule has 0 aliphatic heterocycles. The number of aromatic nitrogens is 2. The number of aliphatic hydroxyl groups excluding tert-OH is 1. The van der Waals surface area contributed by atoms with Crippen LogP contribution in [0.4, 0.5) is 0 Å². The van der Waals surface area contributed by atoms with Crippen LogP contribution in [0.5, 0.6) is 0 Å². The lowest BCUT2D eigenvalue weighted by atomic mass is 10.1. The van der Waals surface area contributed by atoms with Crippen molar-refractivity contribution < 1.29 is 13.5 Å². The Labute approximate surface area is 109 Å². The van der Waals surface area contributed by atoms with Crippen LogP contribution < -0.4 is 0 Å². The van der Waals surface area contributed by atoms with Crippen LogP contribution in [-0.2, 0) is 23.3 Å². The molecule has 0 saturated heterocycles. The van der Waals surface area contributed by atoms with Crippen molar-refractivity contribution in [3.63, 3.8) is 0 Å². The van der Waals surface area contributed by atoms with Gasteiger partial charge in [0.05, 0.1) is 23.2 Å². The molecule has 5 nitrogen and oxygen atoms in total. The first-order valence-electron chi connectivity index (χ1n) is 6.31. The maximum atomic E-state index is 11.3. The Balaban J connectivity index is 2.55. The highest BCUT2D eigenvalue weighted by Crippen LogP contribution is 2.19. The van der Waals surface area contributed by atoms with E-state index in [0.29, 0.717) is 12.8 Å². The van der Waals surface area contributed by atoms with E-state index in [4.69, 9.17) is 0 Å². The molecular weight excluding hydrogens is 252 g/mol. The molecule has 18 heavy (non-hydrogen) atoms. The monoisotopic (exact) mass is 274 g/mol. The molecule has 1 unspecified atom stereocenters. The molecule has 104 valence electrons. The third-order valence-electron chi connectivity index (χ3n) is 3.04. The predicted octanol–water partition coefficient (Wildman–Crippen LogP) is 1.23. The highest BCUT2D eigenvalue weighted by molar-refractivity contribution is 7.91. The quantitative estimate of drug-likeness (QED) is 0.811. The second-order valence-corrected chi connectivity index (χ2v) is 6.90. The normalized spacial score (nSPS) is 13.8.